The number of nitrogens with zero attached hydrogens (tertiary/aromatic N) is 2. The van der Waals surface area contributed by atoms with Crippen LogP contribution in [-0.4, -0.2) is 45.9 Å². The van der Waals surface area contributed by atoms with Gasteiger partial charge in [-0.1, -0.05) is 18.2 Å². The van der Waals surface area contributed by atoms with Crippen molar-refractivity contribution in [1.82, 2.24) is 4.90 Å². The lowest BCUT2D eigenvalue weighted by molar-refractivity contribution is -0.118. The van der Waals surface area contributed by atoms with Gasteiger partial charge in [0.1, 0.15) is 0 Å². The molecule has 25 heavy (non-hydrogen) atoms. The van der Waals surface area contributed by atoms with E-state index in [9.17, 15) is 13.2 Å². The van der Waals surface area contributed by atoms with Crippen molar-refractivity contribution in [3.05, 3.63) is 54.1 Å². The molecule has 2 aromatic rings. The Labute approximate surface area is 148 Å². The first kappa shape index (κ1) is 17.3. The summed E-state index contributed by atoms with van der Waals surface area (Å²) < 4.78 is 27.7. The number of hydrogen-bond acceptors (Lipinski definition) is 4. The molecule has 1 aliphatic rings. The van der Waals surface area contributed by atoms with E-state index in [-0.39, 0.29) is 4.90 Å². The van der Waals surface area contributed by atoms with Crippen molar-refractivity contribution in [2.75, 3.05) is 35.8 Å². The number of amides is 1. The number of hydrogen-bond donors (Lipinski definition) is 1. The third-order valence-corrected chi connectivity index (χ3v) is 5.87. The van der Waals surface area contributed by atoms with Crippen molar-refractivity contribution in [1.29, 1.82) is 0 Å². The molecule has 1 heterocycles. The van der Waals surface area contributed by atoms with E-state index in [4.69, 9.17) is 0 Å². The van der Waals surface area contributed by atoms with Crippen LogP contribution in [0.1, 0.15) is 5.56 Å². The molecule has 0 unspecified atom stereocenters. The summed E-state index contributed by atoms with van der Waals surface area (Å²) in [4.78, 5) is 15.0. The molecule has 132 valence electrons. The SMILES string of the molecule is Cc1ccccc1S(=O)(=O)Nc1ccc(N2CCN(C=O)CC2)cc1. The van der Waals surface area contributed by atoms with Gasteiger partial charge in [-0.05, 0) is 42.8 Å². The van der Waals surface area contributed by atoms with Crippen LogP contribution in [0.4, 0.5) is 11.4 Å². The Balaban J connectivity index is 1.71. The minimum Gasteiger partial charge on any atom is -0.368 e. The van der Waals surface area contributed by atoms with E-state index < -0.39 is 10.0 Å². The van der Waals surface area contributed by atoms with Gasteiger partial charge >= 0.3 is 0 Å². The summed E-state index contributed by atoms with van der Waals surface area (Å²) in [5, 5.41) is 0. The molecule has 0 bridgehead atoms. The van der Waals surface area contributed by atoms with E-state index in [1.54, 1.807) is 42.2 Å². The van der Waals surface area contributed by atoms with Gasteiger partial charge in [-0.2, -0.15) is 0 Å². The van der Waals surface area contributed by atoms with Gasteiger partial charge in [0, 0.05) is 37.6 Å². The van der Waals surface area contributed by atoms with Crippen molar-refractivity contribution in [3.8, 4) is 0 Å². The van der Waals surface area contributed by atoms with Crippen LogP contribution in [-0.2, 0) is 14.8 Å². The van der Waals surface area contributed by atoms with Gasteiger partial charge in [0.05, 0.1) is 4.90 Å². The number of piperazine rings is 1. The molecule has 0 radical (unpaired) electrons. The number of rotatable bonds is 5. The molecule has 2 aromatic carbocycles. The summed E-state index contributed by atoms with van der Waals surface area (Å²) in [6.45, 7) is 4.72. The molecule has 0 aromatic heterocycles. The largest absolute Gasteiger partial charge is 0.368 e. The van der Waals surface area contributed by atoms with Gasteiger partial charge in [0.15, 0.2) is 0 Å². The fourth-order valence-electron chi connectivity index (χ4n) is 2.89. The summed E-state index contributed by atoms with van der Waals surface area (Å²) in [5.41, 5.74) is 2.25. The van der Waals surface area contributed by atoms with Crippen LogP contribution in [0.15, 0.2) is 53.4 Å². The van der Waals surface area contributed by atoms with Gasteiger partial charge < -0.3 is 9.80 Å². The van der Waals surface area contributed by atoms with E-state index >= 15 is 0 Å². The Morgan fingerprint density at radius 2 is 1.60 bits per heavy atom. The molecule has 0 spiro atoms. The van der Waals surface area contributed by atoms with E-state index in [0.717, 1.165) is 25.2 Å². The second-order valence-electron chi connectivity index (χ2n) is 6.05. The third kappa shape index (κ3) is 3.93. The summed E-state index contributed by atoms with van der Waals surface area (Å²) in [6, 6.07) is 14.2. The minimum atomic E-state index is -3.60. The minimum absolute atomic E-state index is 0.282. The lowest BCUT2D eigenvalue weighted by Gasteiger charge is -2.34. The van der Waals surface area contributed by atoms with Gasteiger partial charge in [-0.3, -0.25) is 9.52 Å². The molecule has 0 atom stereocenters. The molecular weight excluding hydrogens is 338 g/mol. The highest BCUT2D eigenvalue weighted by molar-refractivity contribution is 7.92. The second-order valence-corrected chi connectivity index (χ2v) is 7.70. The average molecular weight is 359 g/mol. The molecule has 1 aliphatic heterocycles. The first-order valence-electron chi connectivity index (χ1n) is 8.12. The molecule has 0 saturated carbocycles. The van der Waals surface area contributed by atoms with Gasteiger partial charge in [0.25, 0.3) is 10.0 Å². The van der Waals surface area contributed by atoms with Crippen molar-refractivity contribution < 1.29 is 13.2 Å². The number of nitrogens with one attached hydrogen (secondary N) is 1. The van der Waals surface area contributed by atoms with Crippen LogP contribution in [0.2, 0.25) is 0 Å². The number of carbonyl (C=O) groups is 1. The molecule has 0 aliphatic carbocycles. The highest BCUT2D eigenvalue weighted by Gasteiger charge is 2.18. The third-order valence-electron chi connectivity index (χ3n) is 4.33. The Kier molecular flexibility index (Phi) is 4.94. The zero-order chi connectivity index (χ0) is 17.9. The van der Waals surface area contributed by atoms with Crippen LogP contribution in [0, 0.1) is 6.92 Å². The van der Waals surface area contributed by atoms with Gasteiger partial charge in [-0.25, -0.2) is 8.42 Å². The maximum absolute atomic E-state index is 12.5. The first-order valence-corrected chi connectivity index (χ1v) is 9.61. The molecule has 3 rings (SSSR count). The first-order chi connectivity index (χ1) is 12.0. The number of sulfonamides is 1. The number of carbonyl (C=O) groups excluding carboxylic acids is 1. The lowest BCUT2D eigenvalue weighted by atomic mass is 10.2. The van der Waals surface area contributed by atoms with E-state index in [1.807, 2.05) is 18.2 Å². The normalized spacial score (nSPS) is 15.1. The summed E-state index contributed by atoms with van der Waals surface area (Å²) in [7, 11) is -3.60. The molecular formula is C18H21N3O3S. The number of benzene rings is 2. The molecule has 6 nitrogen and oxygen atoms in total. The maximum atomic E-state index is 12.5. The number of aryl methyl sites for hydroxylation is 1. The van der Waals surface area contributed by atoms with Crippen molar-refractivity contribution >= 4 is 27.8 Å². The Morgan fingerprint density at radius 1 is 0.960 bits per heavy atom. The molecule has 1 amide bonds. The highest BCUT2D eigenvalue weighted by atomic mass is 32.2. The number of anilines is 2. The molecule has 1 N–H and O–H groups in total. The fraction of sp³-hybridized carbons (Fsp3) is 0.278. The lowest BCUT2D eigenvalue weighted by Crippen LogP contribution is -2.45. The molecule has 7 heteroatoms. The van der Waals surface area contributed by atoms with Gasteiger partial charge in [0.2, 0.25) is 6.41 Å². The summed E-state index contributed by atoms with van der Waals surface area (Å²) in [5.74, 6) is 0. The Hall–Kier alpha value is -2.54. The van der Waals surface area contributed by atoms with E-state index in [2.05, 4.69) is 9.62 Å². The monoisotopic (exact) mass is 359 g/mol. The highest BCUT2D eigenvalue weighted by Crippen LogP contribution is 2.22. The zero-order valence-electron chi connectivity index (χ0n) is 14.1. The van der Waals surface area contributed by atoms with Crippen molar-refractivity contribution in [2.24, 2.45) is 0 Å². The summed E-state index contributed by atoms with van der Waals surface area (Å²) in [6.07, 6.45) is 0.876. The van der Waals surface area contributed by atoms with Crippen molar-refractivity contribution in [2.45, 2.75) is 11.8 Å². The topological polar surface area (TPSA) is 69.7 Å². The van der Waals surface area contributed by atoms with Crippen LogP contribution in [0.5, 0.6) is 0 Å². The van der Waals surface area contributed by atoms with Crippen LogP contribution < -0.4 is 9.62 Å². The summed E-state index contributed by atoms with van der Waals surface area (Å²) >= 11 is 0. The van der Waals surface area contributed by atoms with Crippen LogP contribution in [0.3, 0.4) is 0 Å². The molecule has 1 saturated heterocycles. The quantitative estimate of drug-likeness (QED) is 0.830. The predicted molar refractivity (Wildman–Crippen MR) is 98.3 cm³/mol. The second kappa shape index (κ2) is 7.14. The smallest absolute Gasteiger partial charge is 0.262 e. The van der Waals surface area contributed by atoms with Crippen molar-refractivity contribution in [3.63, 3.8) is 0 Å². The van der Waals surface area contributed by atoms with E-state index in [0.29, 0.717) is 24.3 Å². The predicted octanol–water partition coefficient (Wildman–Crippen LogP) is 2.07. The van der Waals surface area contributed by atoms with Gasteiger partial charge in [-0.15, -0.1) is 0 Å². The standard InChI is InChI=1S/C18H21N3O3S/c1-15-4-2-3-5-18(15)25(23,24)19-16-6-8-17(9-7-16)21-12-10-20(14-22)11-13-21/h2-9,14,19H,10-13H2,1H3. The van der Waals surface area contributed by atoms with Crippen LogP contribution in [0.25, 0.3) is 0 Å². The van der Waals surface area contributed by atoms with E-state index in [1.165, 1.54) is 0 Å². The Bertz CT molecular complexity index is 842. The Morgan fingerprint density at radius 3 is 2.20 bits per heavy atom. The average Bonchev–Trinajstić information content (AvgIpc) is 2.62. The van der Waals surface area contributed by atoms with Crippen LogP contribution >= 0.6 is 0 Å². The zero-order valence-corrected chi connectivity index (χ0v) is 14.9. The maximum Gasteiger partial charge on any atom is 0.262 e. The fourth-order valence-corrected chi connectivity index (χ4v) is 4.20. The molecule has 1 fully saturated rings.